The van der Waals surface area contributed by atoms with E-state index in [2.05, 4.69) is 25.6 Å². The van der Waals surface area contributed by atoms with Gasteiger partial charge in [-0.15, -0.1) is 10.2 Å². The van der Waals surface area contributed by atoms with Gasteiger partial charge in [-0.25, -0.2) is 4.79 Å². The summed E-state index contributed by atoms with van der Waals surface area (Å²) in [5.41, 5.74) is 0.362. The van der Waals surface area contributed by atoms with Crippen LogP contribution in [0.5, 0.6) is 6.01 Å². The fourth-order valence-electron chi connectivity index (χ4n) is 3.60. The molecule has 5 aromatic rings. The number of hydrogen-bond donors (Lipinski definition) is 1. The second-order valence-electron chi connectivity index (χ2n) is 7.20. The minimum atomic E-state index is -2.76. The summed E-state index contributed by atoms with van der Waals surface area (Å²) in [7, 11) is 0. The molecule has 0 radical (unpaired) electrons. The van der Waals surface area contributed by atoms with Crippen molar-refractivity contribution in [3.05, 3.63) is 77.8 Å². The van der Waals surface area contributed by atoms with Crippen molar-refractivity contribution in [1.29, 1.82) is 0 Å². The van der Waals surface area contributed by atoms with Crippen LogP contribution in [0.1, 0.15) is 38.0 Å². The molecule has 0 bridgehead atoms. The predicted octanol–water partition coefficient (Wildman–Crippen LogP) is 4.51. The van der Waals surface area contributed by atoms with E-state index in [0.29, 0.717) is 11.1 Å². The summed E-state index contributed by atoms with van der Waals surface area (Å²) in [5, 5.41) is 13.9. The molecule has 3 aromatic carbocycles. The Hall–Kier alpha value is -4.53. The number of benzene rings is 3. The molecular formula is C26H24N6O3. The second-order valence-corrected chi connectivity index (χ2v) is 7.20. The van der Waals surface area contributed by atoms with Gasteiger partial charge in [0.25, 0.3) is 6.01 Å². The zero-order valence-corrected chi connectivity index (χ0v) is 18.9. The number of esters is 1. The molecule has 0 fully saturated rings. The average Bonchev–Trinajstić information content (AvgIpc) is 3.61. The maximum atomic E-state index is 12.8. The summed E-state index contributed by atoms with van der Waals surface area (Å²) in [6.45, 7) is 0.752. The van der Waals surface area contributed by atoms with Crippen LogP contribution < -0.4 is 4.74 Å². The third-order valence-electron chi connectivity index (χ3n) is 5.05. The highest BCUT2D eigenvalue weighted by molar-refractivity contribution is 6.02. The number of carbonyl (C=O) groups is 1. The number of para-hydroxylation sites is 1. The quantitative estimate of drug-likeness (QED) is 0.330. The van der Waals surface area contributed by atoms with E-state index in [1.165, 1.54) is 6.07 Å². The van der Waals surface area contributed by atoms with Crippen LogP contribution in [0.3, 0.4) is 0 Å². The molecule has 2 aromatic heterocycles. The average molecular weight is 475 g/mol. The van der Waals surface area contributed by atoms with Gasteiger partial charge in [0.2, 0.25) is 5.82 Å². The van der Waals surface area contributed by atoms with Crippen molar-refractivity contribution in [2.75, 3.05) is 13.2 Å². The third-order valence-corrected chi connectivity index (χ3v) is 5.05. The zero-order chi connectivity index (χ0) is 29.5. The van der Waals surface area contributed by atoms with E-state index in [4.69, 9.17) is 15.0 Å². The number of imidazole rings is 1. The molecule has 176 valence electrons. The molecule has 0 saturated heterocycles. The molecule has 0 aliphatic rings. The van der Waals surface area contributed by atoms with Gasteiger partial charge in [-0.2, -0.15) is 10.2 Å². The monoisotopic (exact) mass is 474 g/mol. The van der Waals surface area contributed by atoms with Crippen LogP contribution in [0.15, 0.2) is 66.6 Å². The largest absolute Gasteiger partial charge is 0.465 e. The summed E-state index contributed by atoms with van der Waals surface area (Å²) in [5.74, 6) is -0.527. The van der Waals surface area contributed by atoms with Crippen molar-refractivity contribution in [2.24, 2.45) is 0 Å². The van der Waals surface area contributed by atoms with Crippen LogP contribution in [0.4, 0.5) is 0 Å². The molecule has 5 rings (SSSR count). The lowest BCUT2D eigenvalue weighted by molar-refractivity contribution is 0.0528. The van der Waals surface area contributed by atoms with Crippen molar-refractivity contribution >= 4 is 17.0 Å². The number of nitrogens with one attached hydrogen (secondary N) is 1. The van der Waals surface area contributed by atoms with Gasteiger partial charge in [0.15, 0.2) is 0 Å². The number of aromatic amines is 1. The van der Waals surface area contributed by atoms with Gasteiger partial charge in [0.05, 0.1) is 44.5 Å². The zero-order valence-electron chi connectivity index (χ0n) is 24.9. The molecule has 2 heterocycles. The highest BCUT2D eigenvalue weighted by atomic mass is 16.5. The molecule has 1 N–H and O–H groups in total. The fourth-order valence-corrected chi connectivity index (χ4v) is 3.60. The van der Waals surface area contributed by atoms with Gasteiger partial charge in [-0.05, 0) is 47.9 Å². The minimum absolute atomic E-state index is 0.00703. The molecular weight excluding hydrogens is 444 g/mol. The highest BCUT2D eigenvalue weighted by Crippen LogP contribution is 2.31. The topological polar surface area (TPSA) is 108 Å². The molecule has 0 unspecified atom stereocenters. The standard InChI is InChI=1S/C26H24N6O3/c1-3-34-25(33)21-10-7-11-22-23(21)32(26(27-22)35-4-2)16-17-12-14-18(15-13-17)19-8-5-6-9-20(19)24-28-30-31-29-24/h5-15H,3-4,16H2,1-2H3,(H,28,29,30,31)/i12D,13D,14D,15D,16D2. The van der Waals surface area contributed by atoms with Crippen molar-refractivity contribution in [3.8, 4) is 28.5 Å². The molecule has 9 nitrogen and oxygen atoms in total. The van der Waals surface area contributed by atoms with Crippen molar-refractivity contribution in [3.63, 3.8) is 0 Å². The summed E-state index contributed by atoms with van der Waals surface area (Å²) in [6.07, 6.45) is 0. The van der Waals surface area contributed by atoms with Crippen LogP contribution in [0, 0.1) is 0 Å². The van der Waals surface area contributed by atoms with E-state index in [9.17, 15) is 7.54 Å². The highest BCUT2D eigenvalue weighted by Gasteiger charge is 2.20. The van der Waals surface area contributed by atoms with Crippen molar-refractivity contribution in [1.82, 2.24) is 30.2 Å². The van der Waals surface area contributed by atoms with E-state index in [1.807, 2.05) is 0 Å². The molecule has 0 amide bonds. The number of fused-ring (bicyclic) bond motifs is 1. The lowest BCUT2D eigenvalue weighted by Crippen LogP contribution is -2.10. The number of aromatic nitrogens is 6. The van der Waals surface area contributed by atoms with Gasteiger partial charge < -0.3 is 9.47 Å². The minimum Gasteiger partial charge on any atom is -0.465 e. The lowest BCUT2D eigenvalue weighted by Gasteiger charge is -2.12. The van der Waals surface area contributed by atoms with Gasteiger partial charge in [-0.1, -0.05) is 54.5 Å². The first-order valence-corrected chi connectivity index (χ1v) is 10.9. The Labute approximate surface area is 210 Å². The van der Waals surface area contributed by atoms with Gasteiger partial charge in [0, 0.05) is 5.56 Å². The Morgan fingerprint density at radius 3 is 2.57 bits per heavy atom. The van der Waals surface area contributed by atoms with Crippen LogP contribution in [0.2, 0.25) is 0 Å². The molecule has 9 heteroatoms. The predicted molar refractivity (Wildman–Crippen MR) is 131 cm³/mol. The van der Waals surface area contributed by atoms with Crippen LogP contribution in [-0.2, 0) is 11.2 Å². The van der Waals surface area contributed by atoms with Crippen molar-refractivity contribution in [2.45, 2.75) is 20.3 Å². The fraction of sp³-hybridized carbons (Fsp3) is 0.192. The van der Waals surface area contributed by atoms with E-state index in [-0.39, 0.29) is 47.2 Å². The Bertz CT molecular complexity index is 1740. The van der Waals surface area contributed by atoms with Gasteiger partial charge in [-0.3, -0.25) is 4.57 Å². The third kappa shape index (κ3) is 4.35. The number of tetrazole rings is 1. The maximum Gasteiger partial charge on any atom is 0.340 e. The molecule has 0 atom stereocenters. The molecule has 0 aliphatic heterocycles. The Morgan fingerprint density at radius 2 is 1.86 bits per heavy atom. The molecule has 35 heavy (non-hydrogen) atoms. The Balaban J connectivity index is 1.79. The van der Waals surface area contributed by atoms with E-state index in [0.717, 1.165) is 4.57 Å². The first-order chi connectivity index (χ1) is 19.6. The molecule has 0 saturated carbocycles. The Morgan fingerprint density at radius 1 is 1.06 bits per heavy atom. The summed E-state index contributed by atoms with van der Waals surface area (Å²) in [4.78, 5) is 17.2. The second kappa shape index (κ2) is 9.76. The number of ether oxygens (including phenoxy) is 2. The molecule has 0 aliphatic carbocycles. The van der Waals surface area contributed by atoms with Gasteiger partial charge in [0.1, 0.15) is 0 Å². The Kier molecular flexibility index (Phi) is 4.51. The summed E-state index contributed by atoms with van der Waals surface area (Å²) in [6, 6.07) is 8.84. The summed E-state index contributed by atoms with van der Waals surface area (Å²) < 4.78 is 65.6. The van der Waals surface area contributed by atoms with Crippen molar-refractivity contribution < 1.29 is 22.5 Å². The number of hydrogen-bond acceptors (Lipinski definition) is 7. The first-order valence-electron chi connectivity index (χ1n) is 13.9. The maximum absolute atomic E-state index is 12.8. The van der Waals surface area contributed by atoms with E-state index in [1.54, 1.807) is 50.2 Å². The van der Waals surface area contributed by atoms with Crippen LogP contribution in [0.25, 0.3) is 33.5 Å². The lowest BCUT2D eigenvalue weighted by atomic mass is 9.98. The van der Waals surface area contributed by atoms with Crippen LogP contribution >= 0.6 is 0 Å². The smallest absolute Gasteiger partial charge is 0.340 e. The number of carbonyl (C=O) groups excluding carboxylic acids is 1. The normalized spacial score (nSPS) is 13.9. The number of nitrogens with zero attached hydrogens (tertiary/aromatic N) is 5. The first kappa shape index (κ1) is 16.2. The number of H-pyrrole nitrogens is 1. The van der Waals surface area contributed by atoms with E-state index < -0.39 is 42.2 Å². The van der Waals surface area contributed by atoms with Crippen LogP contribution in [-0.4, -0.2) is 49.4 Å². The molecule has 0 spiro atoms. The summed E-state index contributed by atoms with van der Waals surface area (Å²) >= 11 is 0. The number of rotatable bonds is 8. The SMILES string of the molecule is [2H]c1c([2H])c(C([2H])([2H])n2c(OCC)nc3cccc(C(=O)OCC)c32)c([2H])c([2H])c1-c1ccccc1-c1nn[nH]n1. The van der Waals surface area contributed by atoms with Gasteiger partial charge >= 0.3 is 5.97 Å². The van der Waals surface area contributed by atoms with E-state index >= 15 is 0 Å².